The molecule has 0 saturated carbocycles. The van der Waals surface area contributed by atoms with Crippen molar-refractivity contribution in [3.63, 3.8) is 0 Å². The maximum absolute atomic E-state index is 5.56. The van der Waals surface area contributed by atoms with Gasteiger partial charge in [-0.2, -0.15) is 0 Å². The highest BCUT2D eigenvalue weighted by atomic mass is 35.5. The predicted molar refractivity (Wildman–Crippen MR) is 39.3 cm³/mol. The molecule has 0 aromatic heterocycles. The molecule has 0 spiro atoms. The lowest BCUT2D eigenvalue weighted by Crippen LogP contribution is -2.12. The van der Waals surface area contributed by atoms with Gasteiger partial charge in [-0.15, -0.1) is 23.2 Å². The Morgan fingerprint density at radius 2 is 1.56 bits per heavy atom. The smallest absolute Gasteiger partial charge is 0.0715 e. The molecule has 3 heteroatoms. The van der Waals surface area contributed by atoms with Gasteiger partial charge in [0.25, 0.3) is 0 Å². The largest absolute Gasteiger partial charge is 0.373 e. The highest BCUT2D eigenvalue weighted by molar-refractivity contribution is 6.18. The SMILES string of the molecule is ClC[C@@H]1CC[C@H](CCl)O1. The number of halogens is 2. The lowest BCUT2D eigenvalue weighted by Gasteiger charge is -2.06. The van der Waals surface area contributed by atoms with Gasteiger partial charge in [-0.05, 0) is 12.8 Å². The van der Waals surface area contributed by atoms with Crippen LogP contribution in [0.1, 0.15) is 12.8 Å². The molecule has 1 nitrogen and oxygen atoms in total. The van der Waals surface area contributed by atoms with Crippen LogP contribution in [0.25, 0.3) is 0 Å². The molecule has 0 unspecified atom stereocenters. The Labute approximate surface area is 65.3 Å². The minimum atomic E-state index is 0.260. The zero-order chi connectivity index (χ0) is 6.69. The van der Waals surface area contributed by atoms with Crippen molar-refractivity contribution in [2.75, 3.05) is 11.8 Å². The first-order valence-corrected chi connectivity index (χ1v) is 4.21. The Balaban J connectivity index is 2.20. The van der Waals surface area contributed by atoms with E-state index in [0.717, 1.165) is 12.8 Å². The topological polar surface area (TPSA) is 9.23 Å². The molecule has 2 atom stereocenters. The maximum Gasteiger partial charge on any atom is 0.0715 e. The summed E-state index contributed by atoms with van der Waals surface area (Å²) in [6.07, 6.45) is 2.66. The molecule has 0 N–H and O–H groups in total. The standard InChI is InChI=1S/C6H10Cl2O/c7-3-5-1-2-6(4-8)9-5/h5-6H,1-4H2/t5-,6+. The summed E-state index contributed by atoms with van der Waals surface area (Å²) in [6, 6.07) is 0. The fourth-order valence-electron chi connectivity index (χ4n) is 1.01. The van der Waals surface area contributed by atoms with Crippen LogP contribution in [0.4, 0.5) is 0 Å². The highest BCUT2D eigenvalue weighted by Gasteiger charge is 2.22. The van der Waals surface area contributed by atoms with E-state index >= 15 is 0 Å². The van der Waals surface area contributed by atoms with E-state index in [0.29, 0.717) is 11.8 Å². The summed E-state index contributed by atoms with van der Waals surface area (Å²) in [5.41, 5.74) is 0. The average Bonchev–Trinajstić information content (AvgIpc) is 2.34. The third-order valence-electron chi connectivity index (χ3n) is 1.54. The van der Waals surface area contributed by atoms with Crippen LogP contribution in [0.2, 0.25) is 0 Å². The predicted octanol–water partition coefficient (Wildman–Crippen LogP) is 2.01. The number of hydrogen-bond acceptors (Lipinski definition) is 1. The molecule has 1 fully saturated rings. The number of alkyl halides is 2. The van der Waals surface area contributed by atoms with E-state index in [-0.39, 0.29) is 12.2 Å². The third-order valence-corrected chi connectivity index (χ3v) is 2.23. The second-order valence-electron chi connectivity index (χ2n) is 2.27. The summed E-state index contributed by atoms with van der Waals surface area (Å²) in [5.74, 6) is 1.21. The van der Waals surface area contributed by atoms with Crippen molar-refractivity contribution < 1.29 is 4.74 Å². The van der Waals surface area contributed by atoms with Crippen molar-refractivity contribution in [2.24, 2.45) is 0 Å². The first-order chi connectivity index (χ1) is 4.36. The molecular formula is C6H10Cl2O. The Hall–Kier alpha value is 0.540. The summed E-state index contributed by atoms with van der Waals surface area (Å²) in [7, 11) is 0. The van der Waals surface area contributed by atoms with Crippen LogP contribution in [0.15, 0.2) is 0 Å². The zero-order valence-corrected chi connectivity index (χ0v) is 6.66. The van der Waals surface area contributed by atoms with Gasteiger partial charge in [0.2, 0.25) is 0 Å². The van der Waals surface area contributed by atoms with Crippen LogP contribution >= 0.6 is 23.2 Å². The van der Waals surface area contributed by atoms with Gasteiger partial charge >= 0.3 is 0 Å². The minimum absolute atomic E-state index is 0.260. The van der Waals surface area contributed by atoms with E-state index in [1.54, 1.807) is 0 Å². The fourth-order valence-corrected chi connectivity index (χ4v) is 1.46. The van der Waals surface area contributed by atoms with E-state index in [4.69, 9.17) is 27.9 Å². The van der Waals surface area contributed by atoms with E-state index in [9.17, 15) is 0 Å². The molecule has 9 heavy (non-hydrogen) atoms. The Morgan fingerprint density at radius 1 is 1.11 bits per heavy atom. The molecular weight excluding hydrogens is 159 g/mol. The summed E-state index contributed by atoms with van der Waals surface area (Å²) < 4.78 is 5.40. The normalized spacial score (nSPS) is 35.3. The van der Waals surface area contributed by atoms with Crippen molar-refractivity contribution in [2.45, 2.75) is 25.0 Å². The Kier molecular flexibility index (Phi) is 3.10. The van der Waals surface area contributed by atoms with E-state index in [1.807, 2.05) is 0 Å². The number of ether oxygens (including phenoxy) is 1. The minimum Gasteiger partial charge on any atom is -0.373 e. The summed E-state index contributed by atoms with van der Waals surface area (Å²) in [4.78, 5) is 0. The molecule has 1 rings (SSSR count). The van der Waals surface area contributed by atoms with Gasteiger partial charge in [0.05, 0.1) is 12.2 Å². The molecule has 1 aliphatic rings. The van der Waals surface area contributed by atoms with Crippen LogP contribution < -0.4 is 0 Å². The van der Waals surface area contributed by atoms with Gasteiger partial charge in [-0.25, -0.2) is 0 Å². The lowest BCUT2D eigenvalue weighted by molar-refractivity contribution is 0.0712. The first kappa shape index (κ1) is 7.64. The Morgan fingerprint density at radius 3 is 1.78 bits per heavy atom. The Bertz CT molecular complexity index is 77.1. The summed E-state index contributed by atoms with van der Waals surface area (Å²) in [6.45, 7) is 0. The van der Waals surface area contributed by atoms with E-state index < -0.39 is 0 Å². The second kappa shape index (κ2) is 3.65. The van der Waals surface area contributed by atoms with Crippen LogP contribution in [-0.4, -0.2) is 24.0 Å². The van der Waals surface area contributed by atoms with E-state index in [1.165, 1.54) is 0 Å². The number of rotatable bonds is 2. The lowest BCUT2D eigenvalue weighted by atomic mass is 10.2. The van der Waals surface area contributed by atoms with E-state index in [2.05, 4.69) is 0 Å². The van der Waals surface area contributed by atoms with Crippen LogP contribution in [0, 0.1) is 0 Å². The third kappa shape index (κ3) is 1.99. The van der Waals surface area contributed by atoms with Gasteiger partial charge in [0.1, 0.15) is 0 Å². The van der Waals surface area contributed by atoms with Gasteiger partial charge in [-0.3, -0.25) is 0 Å². The average molecular weight is 169 g/mol. The molecule has 1 aliphatic heterocycles. The van der Waals surface area contributed by atoms with Gasteiger partial charge in [-0.1, -0.05) is 0 Å². The van der Waals surface area contributed by atoms with Crippen LogP contribution in [-0.2, 0) is 4.74 Å². The molecule has 1 saturated heterocycles. The van der Waals surface area contributed by atoms with Crippen molar-refractivity contribution in [1.82, 2.24) is 0 Å². The molecule has 54 valence electrons. The van der Waals surface area contributed by atoms with Crippen LogP contribution in [0.5, 0.6) is 0 Å². The van der Waals surface area contributed by atoms with Gasteiger partial charge < -0.3 is 4.74 Å². The molecule has 0 amide bonds. The summed E-state index contributed by atoms with van der Waals surface area (Å²) >= 11 is 11.1. The first-order valence-electron chi connectivity index (χ1n) is 3.14. The van der Waals surface area contributed by atoms with Crippen molar-refractivity contribution in [3.8, 4) is 0 Å². The van der Waals surface area contributed by atoms with Crippen molar-refractivity contribution >= 4 is 23.2 Å². The monoisotopic (exact) mass is 168 g/mol. The highest BCUT2D eigenvalue weighted by Crippen LogP contribution is 2.20. The quantitative estimate of drug-likeness (QED) is 0.574. The number of hydrogen-bond donors (Lipinski definition) is 0. The summed E-state index contributed by atoms with van der Waals surface area (Å²) in [5, 5.41) is 0. The van der Waals surface area contributed by atoms with Crippen LogP contribution in [0.3, 0.4) is 0 Å². The van der Waals surface area contributed by atoms with Crippen molar-refractivity contribution in [1.29, 1.82) is 0 Å². The molecule has 0 bridgehead atoms. The molecule has 1 heterocycles. The van der Waals surface area contributed by atoms with Gasteiger partial charge in [0, 0.05) is 11.8 Å². The second-order valence-corrected chi connectivity index (χ2v) is 2.88. The van der Waals surface area contributed by atoms with Crippen molar-refractivity contribution in [3.05, 3.63) is 0 Å². The molecule has 0 aliphatic carbocycles. The zero-order valence-electron chi connectivity index (χ0n) is 5.15. The maximum atomic E-state index is 5.56. The van der Waals surface area contributed by atoms with Gasteiger partial charge in [0.15, 0.2) is 0 Å². The molecule has 0 aromatic carbocycles. The fraction of sp³-hybridized carbons (Fsp3) is 1.00. The molecule has 0 aromatic rings. The molecule has 0 radical (unpaired) electrons.